The van der Waals surface area contributed by atoms with Crippen molar-refractivity contribution in [3.05, 3.63) is 154 Å². The molecular formula is C34H26IN3O4S. The lowest BCUT2D eigenvalue weighted by Crippen LogP contribution is -2.30. The average Bonchev–Trinajstić information content (AvgIpc) is 3.55. The number of nitrogens with one attached hydrogen (secondary N) is 3. The van der Waals surface area contributed by atoms with Crippen molar-refractivity contribution in [1.82, 2.24) is 5.32 Å². The average molecular weight is 700 g/mol. The fourth-order valence-electron chi connectivity index (χ4n) is 4.05. The summed E-state index contributed by atoms with van der Waals surface area (Å²) in [6, 6.07) is 36.4. The second kappa shape index (κ2) is 14.5. The molecule has 9 heteroatoms. The summed E-state index contributed by atoms with van der Waals surface area (Å²) in [5.41, 5.74) is 2.56. The molecule has 7 nitrogen and oxygen atoms in total. The Kier molecular flexibility index (Phi) is 10.1. The van der Waals surface area contributed by atoms with E-state index < -0.39 is 17.1 Å². The number of benzene rings is 4. The standard InChI is InChI=1S/C34H26IN3O4S/c35-25-13-15-26(16-14-25)37-34(41)31(23-8-3-1-4-9-23)43-29-19-17-27(18-20-29)36-33(40)30(22-28-12-7-21-42-28)38-32(39)24-10-5-2-6-11-24/h1-22,31H,(H,36,40)(H,37,41)(H,38,39)/b30-22-. The van der Waals surface area contributed by atoms with Crippen LogP contribution in [0.3, 0.4) is 0 Å². The molecule has 0 saturated carbocycles. The smallest absolute Gasteiger partial charge is 0.272 e. The van der Waals surface area contributed by atoms with Gasteiger partial charge in [-0.25, -0.2) is 0 Å². The lowest BCUT2D eigenvalue weighted by atomic mass is 10.1. The third-order valence-electron chi connectivity index (χ3n) is 6.18. The molecule has 43 heavy (non-hydrogen) atoms. The molecule has 1 atom stereocenters. The van der Waals surface area contributed by atoms with Gasteiger partial charge in [0.05, 0.1) is 6.26 Å². The number of amides is 3. The van der Waals surface area contributed by atoms with Crippen LogP contribution < -0.4 is 16.0 Å². The molecule has 3 amide bonds. The maximum Gasteiger partial charge on any atom is 0.272 e. The van der Waals surface area contributed by atoms with Gasteiger partial charge in [-0.05, 0) is 101 Å². The molecule has 0 bridgehead atoms. The maximum atomic E-state index is 13.4. The molecule has 1 unspecified atom stereocenters. The van der Waals surface area contributed by atoms with E-state index in [9.17, 15) is 14.4 Å². The second-order valence-electron chi connectivity index (χ2n) is 9.28. The van der Waals surface area contributed by atoms with E-state index in [0.717, 1.165) is 19.7 Å². The van der Waals surface area contributed by atoms with Gasteiger partial charge >= 0.3 is 0 Å². The molecule has 4 aromatic carbocycles. The van der Waals surface area contributed by atoms with Crippen LogP contribution in [0.1, 0.15) is 26.9 Å². The first-order chi connectivity index (χ1) is 20.9. The van der Waals surface area contributed by atoms with Gasteiger partial charge in [-0.15, -0.1) is 11.8 Å². The van der Waals surface area contributed by atoms with Crippen molar-refractivity contribution < 1.29 is 18.8 Å². The van der Waals surface area contributed by atoms with Crippen molar-refractivity contribution >= 4 is 69.5 Å². The lowest BCUT2D eigenvalue weighted by Gasteiger charge is -2.17. The van der Waals surface area contributed by atoms with Crippen LogP contribution in [0.2, 0.25) is 0 Å². The molecule has 1 aromatic heterocycles. The Morgan fingerprint density at radius 2 is 1.35 bits per heavy atom. The fourth-order valence-corrected chi connectivity index (χ4v) is 5.44. The van der Waals surface area contributed by atoms with E-state index >= 15 is 0 Å². The summed E-state index contributed by atoms with van der Waals surface area (Å²) in [5, 5.41) is 8.03. The monoisotopic (exact) mass is 699 g/mol. The van der Waals surface area contributed by atoms with Gasteiger partial charge in [-0.3, -0.25) is 14.4 Å². The number of thioether (sulfide) groups is 1. The highest BCUT2D eigenvalue weighted by molar-refractivity contribution is 14.1. The first-order valence-electron chi connectivity index (χ1n) is 13.3. The molecule has 0 aliphatic carbocycles. The summed E-state index contributed by atoms with van der Waals surface area (Å²) in [7, 11) is 0. The van der Waals surface area contributed by atoms with Gasteiger partial charge in [-0.2, -0.15) is 0 Å². The van der Waals surface area contributed by atoms with Crippen molar-refractivity contribution in [2.45, 2.75) is 10.1 Å². The summed E-state index contributed by atoms with van der Waals surface area (Å²) in [5.74, 6) is -0.659. The van der Waals surface area contributed by atoms with Gasteiger partial charge in [0.15, 0.2) is 0 Å². The van der Waals surface area contributed by atoms with Gasteiger partial charge in [-0.1, -0.05) is 48.5 Å². The van der Waals surface area contributed by atoms with Crippen LogP contribution in [0.4, 0.5) is 11.4 Å². The maximum absolute atomic E-state index is 13.4. The van der Waals surface area contributed by atoms with E-state index in [1.165, 1.54) is 24.1 Å². The zero-order chi connectivity index (χ0) is 30.0. The molecule has 5 aromatic rings. The van der Waals surface area contributed by atoms with Crippen LogP contribution in [0.25, 0.3) is 6.08 Å². The van der Waals surface area contributed by atoms with Crippen molar-refractivity contribution in [2.75, 3.05) is 10.6 Å². The Morgan fingerprint density at radius 1 is 0.721 bits per heavy atom. The van der Waals surface area contributed by atoms with Crippen LogP contribution in [-0.4, -0.2) is 17.7 Å². The summed E-state index contributed by atoms with van der Waals surface area (Å²) in [6.45, 7) is 0. The first-order valence-corrected chi connectivity index (χ1v) is 15.2. The normalized spacial score (nSPS) is 11.8. The van der Waals surface area contributed by atoms with Crippen molar-refractivity contribution in [3.63, 3.8) is 0 Å². The summed E-state index contributed by atoms with van der Waals surface area (Å²) in [4.78, 5) is 40.2. The Hall–Kier alpha value is -4.61. The van der Waals surface area contributed by atoms with Gasteiger partial charge in [0.1, 0.15) is 16.7 Å². The Morgan fingerprint density at radius 3 is 2.00 bits per heavy atom. The van der Waals surface area contributed by atoms with E-state index in [2.05, 4.69) is 38.5 Å². The number of hydrogen-bond donors (Lipinski definition) is 3. The van der Waals surface area contributed by atoms with E-state index in [1.54, 1.807) is 48.5 Å². The predicted molar refractivity (Wildman–Crippen MR) is 178 cm³/mol. The minimum atomic E-state index is -0.514. The van der Waals surface area contributed by atoms with E-state index in [4.69, 9.17) is 4.42 Å². The van der Waals surface area contributed by atoms with E-state index in [-0.39, 0.29) is 11.6 Å². The molecule has 0 aliphatic rings. The van der Waals surface area contributed by atoms with Crippen LogP contribution in [-0.2, 0) is 9.59 Å². The zero-order valence-corrected chi connectivity index (χ0v) is 25.7. The summed E-state index contributed by atoms with van der Waals surface area (Å²) in [6.07, 6.45) is 2.96. The van der Waals surface area contributed by atoms with Gasteiger partial charge in [0.2, 0.25) is 5.91 Å². The Bertz CT molecular complexity index is 1710. The number of halogens is 1. The van der Waals surface area contributed by atoms with Crippen molar-refractivity contribution in [3.8, 4) is 0 Å². The molecule has 214 valence electrons. The number of carbonyl (C=O) groups is 3. The van der Waals surface area contributed by atoms with Crippen LogP contribution in [0.15, 0.2) is 143 Å². The quantitative estimate of drug-likeness (QED) is 0.0786. The third-order valence-corrected chi connectivity index (χ3v) is 8.16. The number of hydrogen-bond acceptors (Lipinski definition) is 5. The number of anilines is 2. The molecule has 0 spiro atoms. The molecule has 1 heterocycles. The second-order valence-corrected chi connectivity index (χ2v) is 11.7. The Labute approximate surface area is 266 Å². The molecule has 0 aliphatic heterocycles. The Balaban J connectivity index is 1.30. The fraction of sp³-hybridized carbons (Fsp3) is 0.0294. The van der Waals surface area contributed by atoms with Gasteiger partial charge < -0.3 is 20.4 Å². The van der Waals surface area contributed by atoms with Crippen LogP contribution >= 0.6 is 34.4 Å². The molecule has 3 N–H and O–H groups in total. The lowest BCUT2D eigenvalue weighted by molar-refractivity contribution is -0.116. The van der Waals surface area contributed by atoms with Gasteiger partial charge in [0, 0.05) is 31.5 Å². The highest BCUT2D eigenvalue weighted by atomic mass is 127. The van der Waals surface area contributed by atoms with Crippen LogP contribution in [0, 0.1) is 3.57 Å². The topological polar surface area (TPSA) is 100 Å². The zero-order valence-electron chi connectivity index (χ0n) is 22.7. The van der Waals surface area contributed by atoms with E-state index in [1.807, 2.05) is 72.8 Å². The third kappa shape index (κ3) is 8.46. The summed E-state index contributed by atoms with van der Waals surface area (Å²) < 4.78 is 6.44. The number of rotatable bonds is 10. The number of furan rings is 1. The molecule has 5 rings (SSSR count). The minimum Gasteiger partial charge on any atom is -0.465 e. The highest BCUT2D eigenvalue weighted by Crippen LogP contribution is 2.36. The molecule has 0 fully saturated rings. The SMILES string of the molecule is O=C(Nc1ccc(SC(C(=O)Nc2ccc(I)cc2)c2ccccc2)cc1)/C(=C/c1ccco1)NC(=O)c1ccccc1. The highest BCUT2D eigenvalue weighted by Gasteiger charge is 2.22. The molecular weight excluding hydrogens is 673 g/mol. The van der Waals surface area contributed by atoms with Crippen molar-refractivity contribution in [1.29, 1.82) is 0 Å². The molecule has 0 radical (unpaired) electrons. The van der Waals surface area contributed by atoms with E-state index in [0.29, 0.717) is 17.0 Å². The first kappa shape index (κ1) is 29.9. The minimum absolute atomic E-state index is 0.0265. The summed E-state index contributed by atoms with van der Waals surface area (Å²) >= 11 is 3.63. The van der Waals surface area contributed by atoms with Crippen LogP contribution in [0.5, 0.6) is 0 Å². The number of carbonyl (C=O) groups excluding carboxylic acids is 3. The molecule has 0 saturated heterocycles. The van der Waals surface area contributed by atoms with Gasteiger partial charge in [0.25, 0.3) is 11.8 Å². The van der Waals surface area contributed by atoms with Crippen molar-refractivity contribution in [2.24, 2.45) is 0 Å². The largest absolute Gasteiger partial charge is 0.465 e. The predicted octanol–water partition coefficient (Wildman–Crippen LogP) is 7.77.